The van der Waals surface area contributed by atoms with Crippen molar-refractivity contribution in [3.8, 4) is 0 Å². The van der Waals surface area contributed by atoms with E-state index in [1.54, 1.807) is 0 Å². The second-order valence-corrected chi connectivity index (χ2v) is 7.34. The number of aryl methyl sites for hydroxylation is 2. The minimum absolute atomic E-state index is 0. The van der Waals surface area contributed by atoms with Gasteiger partial charge in [0.2, 0.25) is 15.9 Å². The number of aromatic nitrogens is 1. The van der Waals surface area contributed by atoms with Crippen LogP contribution in [0.2, 0.25) is 0 Å². The molecular weight excluding hydrogens is 344 g/mol. The number of rotatable bonds is 7. The van der Waals surface area contributed by atoms with Crippen molar-refractivity contribution in [3.63, 3.8) is 0 Å². The Balaban J connectivity index is 0.00000264. The third-order valence-corrected chi connectivity index (χ3v) is 5.52. The summed E-state index contributed by atoms with van der Waals surface area (Å²) in [6.07, 6.45) is 2.09. The summed E-state index contributed by atoms with van der Waals surface area (Å²) >= 11 is 0. The lowest BCUT2D eigenvalue weighted by Gasteiger charge is -2.20. The molecular formula is C13H23ClN4O4S. The van der Waals surface area contributed by atoms with Gasteiger partial charge in [0.25, 0.3) is 0 Å². The Hall–Kier alpha value is -1.16. The van der Waals surface area contributed by atoms with Gasteiger partial charge in [-0.2, -0.15) is 4.72 Å². The van der Waals surface area contributed by atoms with E-state index in [2.05, 4.69) is 15.2 Å². The van der Waals surface area contributed by atoms with Crippen LogP contribution in [0.15, 0.2) is 9.42 Å². The number of halogens is 1. The summed E-state index contributed by atoms with van der Waals surface area (Å²) in [5, 5.41) is 6.41. The van der Waals surface area contributed by atoms with E-state index in [0.29, 0.717) is 12.5 Å². The quantitative estimate of drug-likeness (QED) is 0.634. The van der Waals surface area contributed by atoms with E-state index in [0.717, 1.165) is 12.8 Å². The smallest absolute Gasteiger partial charge is 0.246 e. The molecule has 1 aromatic heterocycles. The van der Waals surface area contributed by atoms with Crippen molar-refractivity contribution < 1.29 is 17.7 Å². The van der Waals surface area contributed by atoms with Crippen LogP contribution in [0.1, 0.15) is 31.2 Å². The highest BCUT2D eigenvalue weighted by Gasteiger charge is 2.33. The average Bonchev–Trinajstić information content (AvgIpc) is 3.20. The molecule has 0 saturated heterocycles. The number of carbonyl (C=O) groups is 1. The van der Waals surface area contributed by atoms with E-state index in [-0.39, 0.29) is 34.8 Å². The van der Waals surface area contributed by atoms with Gasteiger partial charge in [-0.3, -0.25) is 4.79 Å². The van der Waals surface area contributed by atoms with Crippen LogP contribution in [0, 0.1) is 19.8 Å². The fourth-order valence-corrected chi connectivity index (χ4v) is 3.91. The van der Waals surface area contributed by atoms with E-state index in [1.807, 2.05) is 0 Å². The van der Waals surface area contributed by atoms with Gasteiger partial charge in [-0.25, -0.2) is 8.42 Å². The molecule has 0 aromatic carbocycles. The maximum atomic E-state index is 12.3. The summed E-state index contributed by atoms with van der Waals surface area (Å²) < 4.78 is 31.9. The van der Waals surface area contributed by atoms with Crippen LogP contribution in [-0.2, 0) is 14.8 Å². The van der Waals surface area contributed by atoms with Gasteiger partial charge in [-0.1, -0.05) is 5.16 Å². The molecule has 1 saturated carbocycles. The summed E-state index contributed by atoms with van der Waals surface area (Å²) in [4.78, 5) is 12.1. The fourth-order valence-electron chi connectivity index (χ4n) is 2.38. The molecule has 1 amide bonds. The molecule has 23 heavy (non-hydrogen) atoms. The number of hydrogen-bond donors (Lipinski definition) is 3. The zero-order valence-corrected chi connectivity index (χ0v) is 15.0. The first-order chi connectivity index (χ1) is 10.3. The van der Waals surface area contributed by atoms with Gasteiger partial charge in [-0.05, 0) is 39.5 Å². The van der Waals surface area contributed by atoms with Crippen LogP contribution in [-0.4, -0.2) is 38.1 Å². The first-order valence-electron chi connectivity index (χ1n) is 7.22. The molecule has 1 aliphatic carbocycles. The predicted molar refractivity (Wildman–Crippen MR) is 86.7 cm³/mol. The van der Waals surface area contributed by atoms with Gasteiger partial charge < -0.3 is 15.6 Å². The predicted octanol–water partition coefficient (Wildman–Crippen LogP) is 0.234. The van der Waals surface area contributed by atoms with Crippen LogP contribution < -0.4 is 15.8 Å². The van der Waals surface area contributed by atoms with Crippen molar-refractivity contribution in [2.75, 3.05) is 6.54 Å². The standard InChI is InChI=1S/C13H22N4O4S.ClH/c1-7-12(9(3)21-16-7)22(19,20)17-8(2)13(18)15-11(6-14)10-4-5-10;/h8,10-11,17H,4-6,14H2,1-3H3,(H,15,18);1H. The number of amides is 1. The van der Waals surface area contributed by atoms with Crippen LogP contribution in [0.3, 0.4) is 0 Å². The molecule has 1 aliphatic rings. The molecule has 10 heteroatoms. The monoisotopic (exact) mass is 366 g/mol. The van der Waals surface area contributed by atoms with Crippen LogP contribution in [0.25, 0.3) is 0 Å². The summed E-state index contributed by atoms with van der Waals surface area (Å²) in [5.41, 5.74) is 5.89. The van der Waals surface area contributed by atoms with E-state index in [9.17, 15) is 13.2 Å². The summed E-state index contributed by atoms with van der Waals surface area (Å²) in [6.45, 7) is 4.88. The topological polar surface area (TPSA) is 127 Å². The first-order valence-corrected chi connectivity index (χ1v) is 8.70. The second-order valence-electron chi connectivity index (χ2n) is 5.68. The molecule has 4 N–H and O–H groups in total. The molecule has 0 radical (unpaired) electrons. The first kappa shape index (κ1) is 19.9. The SMILES string of the molecule is Cc1noc(C)c1S(=O)(=O)NC(C)C(=O)NC(CN)C1CC1.Cl. The lowest BCUT2D eigenvalue weighted by atomic mass is 10.2. The van der Waals surface area contributed by atoms with E-state index < -0.39 is 22.0 Å². The van der Waals surface area contributed by atoms with Gasteiger partial charge in [-0.15, -0.1) is 12.4 Å². The average molecular weight is 367 g/mol. The Labute approximate surface area is 142 Å². The van der Waals surface area contributed by atoms with Crippen LogP contribution >= 0.6 is 12.4 Å². The highest BCUT2D eigenvalue weighted by atomic mass is 35.5. The highest BCUT2D eigenvalue weighted by Crippen LogP contribution is 2.32. The molecule has 0 bridgehead atoms. The number of carbonyl (C=O) groups excluding carboxylic acids is 1. The maximum Gasteiger partial charge on any atom is 0.246 e. The molecule has 1 heterocycles. The van der Waals surface area contributed by atoms with Gasteiger partial charge in [0.05, 0.1) is 6.04 Å². The fraction of sp³-hybridized carbons (Fsp3) is 0.692. The molecule has 2 unspecified atom stereocenters. The third-order valence-electron chi connectivity index (χ3n) is 3.73. The highest BCUT2D eigenvalue weighted by molar-refractivity contribution is 7.89. The largest absolute Gasteiger partial charge is 0.360 e. The lowest BCUT2D eigenvalue weighted by molar-refractivity contribution is -0.123. The van der Waals surface area contributed by atoms with Gasteiger partial charge in [0.15, 0.2) is 5.76 Å². The Morgan fingerprint density at radius 3 is 2.48 bits per heavy atom. The van der Waals surface area contributed by atoms with Gasteiger partial charge >= 0.3 is 0 Å². The van der Waals surface area contributed by atoms with Gasteiger partial charge in [0, 0.05) is 12.6 Å². The molecule has 2 rings (SSSR count). The third kappa shape index (κ3) is 4.66. The Bertz CT molecular complexity index is 637. The summed E-state index contributed by atoms with van der Waals surface area (Å²) in [5.74, 6) is 0.202. The van der Waals surface area contributed by atoms with Crippen LogP contribution in [0.4, 0.5) is 0 Å². The second kappa shape index (κ2) is 7.61. The lowest BCUT2D eigenvalue weighted by Crippen LogP contribution is -2.50. The number of sulfonamides is 1. The van der Waals surface area contributed by atoms with E-state index in [4.69, 9.17) is 10.3 Å². The molecule has 0 spiro atoms. The van der Waals surface area contributed by atoms with E-state index in [1.165, 1.54) is 20.8 Å². The molecule has 132 valence electrons. The normalized spacial score (nSPS) is 17.2. The van der Waals surface area contributed by atoms with Gasteiger partial charge in [0.1, 0.15) is 10.6 Å². The number of hydrogen-bond acceptors (Lipinski definition) is 6. The Morgan fingerprint density at radius 2 is 2.04 bits per heavy atom. The Kier molecular flexibility index (Phi) is 6.58. The van der Waals surface area contributed by atoms with E-state index >= 15 is 0 Å². The summed E-state index contributed by atoms with van der Waals surface area (Å²) in [7, 11) is -3.87. The van der Waals surface area contributed by atoms with Crippen molar-refractivity contribution in [2.24, 2.45) is 11.7 Å². The summed E-state index contributed by atoms with van der Waals surface area (Å²) in [6, 6.07) is -1.01. The Morgan fingerprint density at radius 1 is 1.43 bits per heavy atom. The molecule has 2 atom stereocenters. The minimum atomic E-state index is -3.87. The van der Waals surface area contributed by atoms with Crippen molar-refractivity contribution >= 4 is 28.3 Å². The molecule has 0 aliphatic heterocycles. The van der Waals surface area contributed by atoms with Crippen LogP contribution in [0.5, 0.6) is 0 Å². The zero-order chi connectivity index (χ0) is 16.5. The number of nitrogens with two attached hydrogens (primary N) is 1. The molecule has 1 fully saturated rings. The molecule has 1 aromatic rings. The maximum absolute atomic E-state index is 12.3. The van der Waals surface area contributed by atoms with Crippen molar-refractivity contribution in [3.05, 3.63) is 11.5 Å². The van der Waals surface area contributed by atoms with Crippen molar-refractivity contribution in [1.82, 2.24) is 15.2 Å². The van der Waals surface area contributed by atoms with Crippen molar-refractivity contribution in [1.29, 1.82) is 0 Å². The molecule has 8 nitrogen and oxygen atoms in total. The minimum Gasteiger partial charge on any atom is -0.360 e. The number of nitrogens with one attached hydrogen (secondary N) is 2. The van der Waals surface area contributed by atoms with Crippen molar-refractivity contribution in [2.45, 2.75) is 50.6 Å². The zero-order valence-electron chi connectivity index (χ0n) is 13.3. The number of nitrogens with zero attached hydrogens (tertiary/aromatic N) is 1.